The van der Waals surface area contributed by atoms with Crippen LogP contribution < -0.4 is 5.32 Å². The summed E-state index contributed by atoms with van der Waals surface area (Å²) in [6, 6.07) is 0.229. The molecule has 0 aromatic rings. The van der Waals surface area contributed by atoms with Crippen LogP contribution in [0.5, 0.6) is 0 Å². The van der Waals surface area contributed by atoms with E-state index < -0.39 is 11.5 Å². The molecule has 1 saturated carbocycles. The number of halogens is 1. The van der Waals surface area contributed by atoms with Crippen LogP contribution in [0.15, 0.2) is 0 Å². The normalized spacial score (nSPS) is 33.1. The predicted octanol–water partition coefficient (Wildman–Crippen LogP) is 1.61. The number of carbonyl (C=O) groups is 1. The van der Waals surface area contributed by atoms with Gasteiger partial charge in [-0.2, -0.15) is 0 Å². The standard InChI is InChI=1S/C9H16BrNO2/c1-6(2)11-9(8(12)13)3-7(4-9)5-10/h6-7,11H,3-5H2,1-2H3,(H,12,13). The summed E-state index contributed by atoms with van der Waals surface area (Å²) in [4.78, 5) is 11.0. The summed E-state index contributed by atoms with van der Waals surface area (Å²) >= 11 is 3.37. The van der Waals surface area contributed by atoms with Crippen molar-refractivity contribution in [3.8, 4) is 0 Å². The molecule has 13 heavy (non-hydrogen) atoms. The van der Waals surface area contributed by atoms with E-state index in [0.717, 1.165) is 18.2 Å². The van der Waals surface area contributed by atoms with E-state index >= 15 is 0 Å². The van der Waals surface area contributed by atoms with Crippen LogP contribution in [-0.2, 0) is 4.79 Å². The fourth-order valence-corrected chi connectivity index (χ4v) is 2.40. The van der Waals surface area contributed by atoms with Gasteiger partial charge in [-0.25, -0.2) is 0 Å². The Morgan fingerprint density at radius 2 is 2.23 bits per heavy atom. The summed E-state index contributed by atoms with van der Waals surface area (Å²) in [6.07, 6.45) is 1.48. The lowest BCUT2D eigenvalue weighted by Gasteiger charge is -2.45. The molecular weight excluding hydrogens is 234 g/mol. The first kappa shape index (κ1) is 11.0. The summed E-state index contributed by atoms with van der Waals surface area (Å²) in [5.74, 6) is -0.194. The third-order valence-corrected chi connectivity index (χ3v) is 3.38. The first-order valence-electron chi connectivity index (χ1n) is 4.57. The van der Waals surface area contributed by atoms with Gasteiger partial charge in [0.2, 0.25) is 0 Å². The number of nitrogens with one attached hydrogen (secondary N) is 1. The van der Waals surface area contributed by atoms with E-state index in [9.17, 15) is 4.79 Å². The Balaban J connectivity index is 2.55. The fourth-order valence-electron chi connectivity index (χ4n) is 1.94. The van der Waals surface area contributed by atoms with E-state index in [1.54, 1.807) is 0 Å². The number of carboxylic acid groups (broad SMARTS) is 1. The van der Waals surface area contributed by atoms with Crippen LogP contribution in [0.2, 0.25) is 0 Å². The quantitative estimate of drug-likeness (QED) is 0.745. The minimum Gasteiger partial charge on any atom is -0.480 e. The van der Waals surface area contributed by atoms with Crippen molar-refractivity contribution < 1.29 is 9.90 Å². The van der Waals surface area contributed by atoms with E-state index in [-0.39, 0.29) is 6.04 Å². The van der Waals surface area contributed by atoms with Gasteiger partial charge in [0, 0.05) is 11.4 Å². The number of aliphatic carboxylic acids is 1. The molecule has 0 bridgehead atoms. The molecule has 2 N–H and O–H groups in total. The van der Waals surface area contributed by atoms with Gasteiger partial charge >= 0.3 is 5.97 Å². The van der Waals surface area contributed by atoms with E-state index in [1.165, 1.54) is 0 Å². The Bertz CT molecular complexity index is 200. The van der Waals surface area contributed by atoms with Crippen LogP contribution in [0.25, 0.3) is 0 Å². The fraction of sp³-hybridized carbons (Fsp3) is 0.889. The molecule has 1 aliphatic carbocycles. The summed E-state index contributed by atoms with van der Waals surface area (Å²) in [6.45, 7) is 3.96. The van der Waals surface area contributed by atoms with Gasteiger partial charge in [-0.3, -0.25) is 10.1 Å². The molecule has 1 rings (SSSR count). The third-order valence-electron chi connectivity index (χ3n) is 2.47. The second-order valence-electron chi connectivity index (χ2n) is 4.11. The molecule has 0 aromatic carbocycles. The monoisotopic (exact) mass is 249 g/mol. The highest BCUT2D eigenvalue weighted by atomic mass is 79.9. The highest BCUT2D eigenvalue weighted by Crippen LogP contribution is 2.39. The highest BCUT2D eigenvalue weighted by Gasteiger charge is 2.49. The van der Waals surface area contributed by atoms with E-state index in [1.807, 2.05) is 13.8 Å². The van der Waals surface area contributed by atoms with Gasteiger partial charge in [-0.1, -0.05) is 15.9 Å². The molecule has 0 atom stereocenters. The van der Waals surface area contributed by atoms with Crippen molar-refractivity contribution >= 4 is 21.9 Å². The van der Waals surface area contributed by atoms with Crippen LogP contribution in [0.1, 0.15) is 26.7 Å². The molecule has 4 heteroatoms. The summed E-state index contributed by atoms with van der Waals surface area (Å²) < 4.78 is 0. The zero-order chi connectivity index (χ0) is 10.1. The SMILES string of the molecule is CC(C)NC1(C(=O)O)CC(CBr)C1. The summed E-state index contributed by atoms with van der Waals surface area (Å²) in [5, 5.41) is 13.1. The molecule has 0 heterocycles. The van der Waals surface area contributed by atoms with E-state index in [4.69, 9.17) is 5.11 Å². The van der Waals surface area contributed by atoms with E-state index in [0.29, 0.717) is 5.92 Å². The van der Waals surface area contributed by atoms with Gasteiger partial charge in [0.1, 0.15) is 5.54 Å². The Kier molecular flexibility index (Phi) is 3.35. The maximum atomic E-state index is 11.0. The minimum absolute atomic E-state index is 0.229. The lowest BCUT2D eigenvalue weighted by molar-refractivity contribution is -0.151. The van der Waals surface area contributed by atoms with Crippen molar-refractivity contribution in [2.45, 2.75) is 38.3 Å². The lowest BCUT2D eigenvalue weighted by atomic mass is 9.69. The van der Waals surface area contributed by atoms with Gasteiger partial charge in [0.25, 0.3) is 0 Å². The second kappa shape index (κ2) is 3.96. The first-order valence-corrected chi connectivity index (χ1v) is 5.69. The van der Waals surface area contributed by atoms with Gasteiger partial charge in [-0.05, 0) is 32.6 Å². The second-order valence-corrected chi connectivity index (χ2v) is 4.76. The van der Waals surface area contributed by atoms with Crippen LogP contribution in [-0.4, -0.2) is 28.0 Å². The molecule has 0 saturated heterocycles. The molecule has 1 aliphatic rings. The molecule has 0 unspecified atom stereocenters. The van der Waals surface area contributed by atoms with Crippen molar-refractivity contribution in [1.29, 1.82) is 0 Å². The van der Waals surface area contributed by atoms with Crippen LogP contribution in [0.3, 0.4) is 0 Å². The number of rotatable bonds is 4. The number of carboxylic acids is 1. The Morgan fingerprint density at radius 3 is 2.54 bits per heavy atom. The van der Waals surface area contributed by atoms with Crippen molar-refractivity contribution in [2.75, 3.05) is 5.33 Å². The maximum Gasteiger partial charge on any atom is 0.323 e. The van der Waals surface area contributed by atoms with Gasteiger partial charge < -0.3 is 5.11 Å². The van der Waals surface area contributed by atoms with Gasteiger partial charge in [0.05, 0.1) is 0 Å². The van der Waals surface area contributed by atoms with Crippen LogP contribution >= 0.6 is 15.9 Å². The molecule has 0 aromatic heterocycles. The van der Waals surface area contributed by atoms with Crippen LogP contribution in [0, 0.1) is 5.92 Å². The van der Waals surface area contributed by atoms with E-state index in [2.05, 4.69) is 21.2 Å². The molecule has 3 nitrogen and oxygen atoms in total. The summed E-state index contributed by atoms with van der Waals surface area (Å²) in [5.41, 5.74) is -0.646. The smallest absolute Gasteiger partial charge is 0.323 e. The maximum absolute atomic E-state index is 11.0. The largest absolute Gasteiger partial charge is 0.480 e. The zero-order valence-corrected chi connectivity index (χ0v) is 9.60. The number of hydrogen-bond acceptors (Lipinski definition) is 2. The molecule has 0 spiro atoms. The molecule has 76 valence electrons. The lowest BCUT2D eigenvalue weighted by Crippen LogP contribution is -2.62. The highest BCUT2D eigenvalue weighted by molar-refractivity contribution is 9.09. The average Bonchev–Trinajstić information content (AvgIpc) is 1.94. The minimum atomic E-state index is -0.710. The molecule has 0 aliphatic heterocycles. The van der Waals surface area contributed by atoms with Crippen molar-refractivity contribution in [2.24, 2.45) is 5.92 Å². The number of hydrogen-bond donors (Lipinski definition) is 2. The Hall–Kier alpha value is -0.0900. The zero-order valence-electron chi connectivity index (χ0n) is 8.01. The average molecular weight is 250 g/mol. The summed E-state index contributed by atoms with van der Waals surface area (Å²) in [7, 11) is 0. The molecule has 0 amide bonds. The van der Waals surface area contributed by atoms with Crippen molar-refractivity contribution in [1.82, 2.24) is 5.32 Å². The van der Waals surface area contributed by atoms with Crippen molar-refractivity contribution in [3.05, 3.63) is 0 Å². The molecule has 0 radical (unpaired) electrons. The predicted molar refractivity (Wildman–Crippen MR) is 55.2 cm³/mol. The topological polar surface area (TPSA) is 49.3 Å². The Morgan fingerprint density at radius 1 is 1.69 bits per heavy atom. The molecular formula is C9H16BrNO2. The first-order chi connectivity index (χ1) is 6.00. The van der Waals surface area contributed by atoms with Crippen LogP contribution in [0.4, 0.5) is 0 Å². The number of alkyl halides is 1. The van der Waals surface area contributed by atoms with Gasteiger partial charge in [-0.15, -0.1) is 0 Å². The molecule has 1 fully saturated rings. The third kappa shape index (κ3) is 2.23. The van der Waals surface area contributed by atoms with Gasteiger partial charge in [0.15, 0.2) is 0 Å². The Labute approximate surface area is 87.0 Å². The van der Waals surface area contributed by atoms with Crippen molar-refractivity contribution in [3.63, 3.8) is 0 Å².